The van der Waals surface area contributed by atoms with E-state index in [4.69, 9.17) is 4.42 Å². The van der Waals surface area contributed by atoms with Gasteiger partial charge in [0, 0.05) is 24.7 Å². The van der Waals surface area contributed by atoms with Gasteiger partial charge < -0.3 is 14.6 Å². The van der Waals surface area contributed by atoms with E-state index in [2.05, 4.69) is 16.3 Å². The van der Waals surface area contributed by atoms with Gasteiger partial charge in [-0.3, -0.25) is 4.79 Å². The van der Waals surface area contributed by atoms with Gasteiger partial charge in [-0.2, -0.15) is 0 Å². The monoisotopic (exact) mass is 372 g/mol. The number of carbonyl (C=O) groups is 1. The maximum Gasteiger partial charge on any atom is 0.248 e. The number of hydrogen-bond donors (Lipinski definition) is 1. The third kappa shape index (κ3) is 4.34. The summed E-state index contributed by atoms with van der Waals surface area (Å²) in [4.78, 5) is 14.8. The molecule has 3 aromatic rings. The Morgan fingerprint density at radius 2 is 1.64 bits per heavy atom. The molecule has 4 nitrogen and oxygen atoms in total. The van der Waals surface area contributed by atoms with Crippen LogP contribution >= 0.6 is 0 Å². The Bertz CT molecular complexity index is 954. The topological polar surface area (TPSA) is 45.5 Å². The summed E-state index contributed by atoms with van der Waals surface area (Å²) in [5, 5.41) is 3.01. The van der Waals surface area contributed by atoms with E-state index in [1.54, 1.807) is 6.08 Å². The molecule has 0 unspecified atom stereocenters. The van der Waals surface area contributed by atoms with E-state index in [1.165, 1.54) is 25.3 Å². The molecule has 2 aromatic carbocycles. The summed E-state index contributed by atoms with van der Waals surface area (Å²) >= 11 is 0. The average molecular weight is 372 g/mol. The fourth-order valence-electron chi connectivity index (χ4n) is 3.52. The van der Waals surface area contributed by atoms with Gasteiger partial charge in [0.05, 0.1) is 11.4 Å². The van der Waals surface area contributed by atoms with Crippen LogP contribution in [0.1, 0.15) is 25.0 Å². The fraction of sp³-hybridized carbons (Fsp3) is 0.208. The number of amides is 1. The molecule has 0 atom stereocenters. The summed E-state index contributed by atoms with van der Waals surface area (Å²) in [6.07, 6.45) is 6.89. The summed E-state index contributed by atoms with van der Waals surface area (Å²) in [5.41, 5.74) is 2.96. The van der Waals surface area contributed by atoms with Crippen LogP contribution in [-0.2, 0) is 4.79 Å². The van der Waals surface area contributed by atoms with Crippen molar-refractivity contribution in [1.82, 2.24) is 0 Å². The molecule has 2 heterocycles. The number of nitrogens with one attached hydrogen (secondary N) is 1. The number of benzene rings is 2. The number of piperidine rings is 1. The van der Waals surface area contributed by atoms with E-state index in [9.17, 15) is 4.79 Å². The molecule has 0 bridgehead atoms. The number of carbonyl (C=O) groups excluding carboxylic acids is 1. The highest BCUT2D eigenvalue weighted by molar-refractivity contribution is 6.03. The molecular formula is C24H24N2O2. The molecule has 1 aromatic heterocycles. The predicted octanol–water partition coefficient (Wildman–Crippen LogP) is 5.59. The second-order valence-corrected chi connectivity index (χ2v) is 6.96. The molecule has 4 rings (SSSR count). The Morgan fingerprint density at radius 3 is 2.46 bits per heavy atom. The number of hydrogen-bond acceptors (Lipinski definition) is 3. The second-order valence-electron chi connectivity index (χ2n) is 6.96. The number of furan rings is 1. The molecule has 0 spiro atoms. The lowest BCUT2D eigenvalue weighted by Crippen LogP contribution is -2.30. The summed E-state index contributed by atoms with van der Waals surface area (Å²) in [6.45, 7) is 2.08. The first-order chi connectivity index (χ1) is 13.8. The quantitative estimate of drug-likeness (QED) is 0.594. The molecule has 4 heteroatoms. The maximum absolute atomic E-state index is 12.4. The Balaban J connectivity index is 1.43. The van der Waals surface area contributed by atoms with Gasteiger partial charge in [0.1, 0.15) is 11.5 Å². The highest BCUT2D eigenvalue weighted by Crippen LogP contribution is 2.28. The fourth-order valence-corrected chi connectivity index (χ4v) is 3.52. The highest BCUT2D eigenvalue weighted by atomic mass is 16.3. The van der Waals surface area contributed by atoms with Gasteiger partial charge in [-0.1, -0.05) is 42.5 Å². The van der Waals surface area contributed by atoms with Crippen LogP contribution in [0.2, 0.25) is 0 Å². The summed E-state index contributed by atoms with van der Waals surface area (Å²) < 4.78 is 5.81. The van der Waals surface area contributed by atoms with Crippen LogP contribution in [0.5, 0.6) is 0 Å². The van der Waals surface area contributed by atoms with Crippen molar-refractivity contribution in [3.05, 3.63) is 78.6 Å². The van der Waals surface area contributed by atoms with Crippen molar-refractivity contribution in [1.29, 1.82) is 0 Å². The number of anilines is 2. The van der Waals surface area contributed by atoms with Crippen molar-refractivity contribution >= 4 is 23.4 Å². The van der Waals surface area contributed by atoms with Crippen LogP contribution in [0, 0.1) is 0 Å². The third-order valence-corrected chi connectivity index (χ3v) is 4.94. The zero-order chi connectivity index (χ0) is 19.2. The SMILES string of the molecule is O=C(/C=C/c1ccc(-c2ccccc2)o1)Nc1ccccc1N1CCCCC1. The average Bonchev–Trinajstić information content (AvgIpc) is 3.23. The van der Waals surface area contributed by atoms with E-state index >= 15 is 0 Å². The first kappa shape index (κ1) is 18.1. The molecule has 1 amide bonds. The van der Waals surface area contributed by atoms with Crippen LogP contribution in [0.4, 0.5) is 11.4 Å². The van der Waals surface area contributed by atoms with E-state index in [0.29, 0.717) is 5.76 Å². The smallest absolute Gasteiger partial charge is 0.248 e. The van der Waals surface area contributed by atoms with Crippen molar-refractivity contribution in [2.75, 3.05) is 23.3 Å². The van der Waals surface area contributed by atoms with Crippen LogP contribution in [0.3, 0.4) is 0 Å². The molecule has 0 aliphatic carbocycles. The van der Waals surface area contributed by atoms with Crippen LogP contribution in [0.15, 0.2) is 77.2 Å². The van der Waals surface area contributed by atoms with Crippen molar-refractivity contribution in [2.45, 2.75) is 19.3 Å². The van der Waals surface area contributed by atoms with E-state index in [1.807, 2.05) is 60.7 Å². The number of nitrogens with zero attached hydrogens (tertiary/aromatic N) is 1. The molecule has 1 aliphatic heterocycles. The maximum atomic E-state index is 12.4. The molecule has 28 heavy (non-hydrogen) atoms. The minimum atomic E-state index is -0.165. The van der Waals surface area contributed by atoms with Crippen LogP contribution < -0.4 is 10.2 Å². The molecule has 1 fully saturated rings. The second kappa shape index (κ2) is 8.61. The predicted molar refractivity (Wildman–Crippen MR) is 114 cm³/mol. The van der Waals surface area contributed by atoms with Crippen molar-refractivity contribution < 1.29 is 9.21 Å². The Kier molecular flexibility index (Phi) is 5.57. The normalized spacial score (nSPS) is 14.4. The lowest BCUT2D eigenvalue weighted by molar-refractivity contribution is -0.111. The van der Waals surface area contributed by atoms with Gasteiger partial charge in [0.15, 0.2) is 0 Å². The largest absolute Gasteiger partial charge is 0.457 e. The lowest BCUT2D eigenvalue weighted by Gasteiger charge is -2.30. The van der Waals surface area contributed by atoms with Crippen LogP contribution in [-0.4, -0.2) is 19.0 Å². The number of rotatable bonds is 5. The zero-order valence-electron chi connectivity index (χ0n) is 15.8. The molecule has 1 N–H and O–H groups in total. The Hall–Kier alpha value is -3.27. The van der Waals surface area contributed by atoms with Gasteiger partial charge in [0.25, 0.3) is 0 Å². The standard InChI is InChI=1S/C24H24N2O2/c27-24(16-14-20-13-15-23(28-20)19-9-3-1-4-10-19)25-21-11-5-6-12-22(21)26-17-7-2-8-18-26/h1,3-6,9-16H,2,7-8,17-18H2,(H,25,27)/b16-14+. The zero-order valence-corrected chi connectivity index (χ0v) is 15.8. The van der Waals surface area contributed by atoms with Gasteiger partial charge in [-0.25, -0.2) is 0 Å². The summed E-state index contributed by atoms with van der Waals surface area (Å²) in [6, 6.07) is 21.7. The molecule has 0 saturated carbocycles. The third-order valence-electron chi connectivity index (χ3n) is 4.94. The first-order valence-corrected chi connectivity index (χ1v) is 9.78. The molecule has 1 aliphatic rings. The van der Waals surface area contributed by atoms with E-state index < -0.39 is 0 Å². The highest BCUT2D eigenvalue weighted by Gasteiger charge is 2.14. The van der Waals surface area contributed by atoms with Gasteiger partial charge in [-0.15, -0.1) is 0 Å². The molecule has 1 saturated heterocycles. The summed E-state index contributed by atoms with van der Waals surface area (Å²) in [5.74, 6) is 1.27. The lowest BCUT2D eigenvalue weighted by atomic mass is 10.1. The van der Waals surface area contributed by atoms with Crippen LogP contribution in [0.25, 0.3) is 17.4 Å². The van der Waals surface area contributed by atoms with E-state index in [0.717, 1.165) is 35.8 Å². The minimum Gasteiger partial charge on any atom is -0.457 e. The first-order valence-electron chi connectivity index (χ1n) is 9.78. The Labute approximate surface area is 165 Å². The Morgan fingerprint density at radius 1 is 0.893 bits per heavy atom. The molecule has 142 valence electrons. The molecular weight excluding hydrogens is 348 g/mol. The van der Waals surface area contributed by atoms with Crippen molar-refractivity contribution in [2.24, 2.45) is 0 Å². The van der Waals surface area contributed by atoms with Gasteiger partial charge in [0.2, 0.25) is 5.91 Å². The van der Waals surface area contributed by atoms with Crippen molar-refractivity contribution in [3.8, 4) is 11.3 Å². The van der Waals surface area contributed by atoms with Gasteiger partial charge in [-0.05, 0) is 49.6 Å². The van der Waals surface area contributed by atoms with Crippen molar-refractivity contribution in [3.63, 3.8) is 0 Å². The number of para-hydroxylation sites is 2. The van der Waals surface area contributed by atoms with E-state index in [-0.39, 0.29) is 5.91 Å². The van der Waals surface area contributed by atoms with Gasteiger partial charge >= 0.3 is 0 Å². The minimum absolute atomic E-state index is 0.165. The summed E-state index contributed by atoms with van der Waals surface area (Å²) in [7, 11) is 0. The molecule has 0 radical (unpaired) electrons.